The van der Waals surface area contributed by atoms with Gasteiger partial charge in [0.1, 0.15) is 27.5 Å². The van der Waals surface area contributed by atoms with Crippen molar-refractivity contribution in [3.8, 4) is 22.7 Å². The number of nitrogens with zero attached hydrogens (tertiary/aromatic N) is 3. The standard InChI is InChI=1S/C18H12Cl2N4O2/c1-8-5-10(6-13(19)21-8)15-17(12-4-3-9(2)26-12)24-18-16(23-15)11(25)7-14(20)22-18/h3-7H,1-2H3,(H,22,24,25). The highest BCUT2D eigenvalue weighted by Gasteiger charge is 2.18. The lowest BCUT2D eigenvalue weighted by Crippen LogP contribution is -2.07. The third-order valence-electron chi connectivity index (χ3n) is 3.79. The summed E-state index contributed by atoms with van der Waals surface area (Å²) in [5.74, 6) is 1.26. The van der Waals surface area contributed by atoms with E-state index in [1.807, 2.05) is 26.0 Å². The molecule has 130 valence electrons. The smallest absolute Gasteiger partial charge is 0.210 e. The molecule has 6 nitrogen and oxygen atoms in total. The van der Waals surface area contributed by atoms with Crippen molar-refractivity contribution in [3.63, 3.8) is 0 Å². The molecule has 0 bridgehead atoms. The fourth-order valence-electron chi connectivity index (χ4n) is 2.73. The number of hydrogen-bond donors (Lipinski definition) is 1. The van der Waals surface area contributed by atoms with Gasteiger partial charge in [0.15, 0.2) is 16.9 Å². The molecule has 4 heterocycles. The summed E-state index contributed by atoms with van der Waals surface area (Å²) in [4.78, 5) is 28.4. The summed E-state index contributed by atoms with van der Waals surface area (Å²) in [5, 5.41) is 0.516. The van der Waals surface area contributed by atoms with Gasteiger partial charge < -0.3 is 9.40 Å². The molecule has 0 fully saturated rings. The highest BCUT2D eigenvalue weighted by Crippen LogP contribution is 2.32. The highest BCUT2D eigenvalue weighted by molar-refractivity contribution is 6.30. The predicted octanol–water partition coefficient (Wildman–Crippen LogP) is 4.56. The van der Waals surface area contributed by atoms with Crippen LogP contribution in [-0.4, -0.2) is 19.9 Å². The van der Waals surface area contributed by atoms with Crippen LogP contribution in [0, 0.1) is 13.8 Å². The van der Waals surface area contributed by atoms with Crippen LogP contribution in [0.15, 0.2) is 39.5 Å². The third-order valence-corrected chi connectivity index (χ3v) is 4.19. The van der Waals surface area contributed by atoms with Gasteiger partial charge in [-0.2, -0.15) is 0 Å². The van der Waals surface area contributed by atoms with Crippen LogP contribution in [0.4, 0.5) is 0 Å². The lowest BCUT2D eigenvalue weighted by Gasteiger charge is -2.09. The van der Waals surface area contributed by atoms with Gasteiger partial charge in [-0.15, -0.1) is 0 Å². The average Bonchev–Trinajstić information content (AvgIpc) is 2.99. The fraction of sp³-hybridized carbons (Fsp3) is 0.111. The monoisotopic (exact) mass is 386 g/mol. The van der Waals surface area contributed by atoms with E-state index in [9.17, 15) is 4.79 Å². The molecule has 0 saturated carbocycles. The lowest BCUT2D eigenvalue weighted by molar-refractivity contribution is 0.546. The zero-order valence-corrected chi connectivity index (χ0v) is 15.3. The van der Waals surface area contributed by atoms with Gasteiger partial charge >= 0.3 is 0 Å². The molecule has 0 spiro atoms. The SMILES string of the molecule is Cc1cc(-c2nc3c(=O)cc(Cl)[nH]c3nc2-c2ccc(C)o2)cc(Cl)n1. The van der Waals surface area contributed by atoms with Gasteiger partial charge in [0, 0.05) is 17.3 Å². The summed E-state index contributed by atoms with van der Waals surface area (Å²) in [7, 11) is 0. The second-order valence-corrected chi connectivity index (χ2v) is 6.62. The van der Waals surface area contributed by atoms with Gasteiger partial charge in [-0.1, -0.05) is 23.2 Å². The van der Waals surface area contributed by atoms with Gasteiger partial charge in [-0.05, 0) is 38.1 Å². The first kappa shape index (κ1) is 16.8. The van der Waals surface area contributed by atoms with E-state index in [0.717, 1.165) is 11.5 Å². The van der Waals surface area contributed by atoms with Gasteiger partial charge in [0.25, 0.3) is 0 Å². The molecular weight excluding hydrogens is 375 g/mol. The fourth-order valence-corrected chi connectivity index (χ4v) is 3.17. The Morgan fingerprint density at radius 2 is 1.81 bits per heavy atom. The molecule has 0 unspecified atom stereocenters. The van der Waals surface area contributed by atoms with Gasteiger partial charge in [0.2, 0.25) is 5.43 Å². The van der Waals surface area contributed by atoms with E-state index < -0.39 is 0 Å². The molecule has 4 aromatic rings. The summed E-state index contributed by atoms with van der Waals surface area (Å²) < 4.78 is 5.73. The minimum Gasteiger partial charge on any atom is -0.460 e. The average molecular weight is 387 g/mol. The molecular formula is C18H12Cl2N4O2. The first-order valence-electron chi connectivity index (χ1n) is 7.72. The maximum Gasteiger partial charge on any atom is 0.210 e. The zero-order chi connectivity index (χ0) is 18.4. The Labute approximate surface area is 157 Å². The van der Waals surface area contributed by atoms with Gasteiger partial charge in [-0.3, -0.25) is 4.79 Å². The molecule has 1 N–H and O–H groups in total. The van der Waals surface area contributed by atoms with E-state index in [0.29, 0.717) is 27.9 Å². The molecule has 26 heavy (non-hydrogen) atoms. The number of aromatic amines is 1. The van der Waals surface area contributed by atoms with E-state index in [-0.39, 0.29) is 21.7 Å². The Bertz CT molecular complexity index is 1190. The first-order chi connectivity index (χ1) is 12.4. The van der Waals surface area contributed by atoms with Crippen LogP contribution in [-0.2, 0) is 0 Å². The van der Waals surface area contributed by atoms with Crippen LogP contribution in [0.25, 0.3) is 33.9 Å². The lowest BCUT2D eigenvalue weighted by atomic mass is 10.1. The molecule has 0 aliphatic carbocycles. The number of fused-ring (bicyclic) bond motifs is 1. The zero-order valence-electron chi connectivity index (χ0n) is 13.8. The van der Waals surface area contributed by atoms with Gasteiger partial charge in [-0.25, -0.2) is 15.0 Å². The van der Waals surface area contributed by atoms with E-state index >= 15 is 0 Å². The first-order valence-corrected chi connectivity index (χ1v) is 8.48. The molecule has 0 atom stereocenters. The number of furan rings is 1. The van der Waals surface area contributed by atoms with Crippen LogP contribution >= 0.6 is 23.2 Å². The van der Waals surface area contributed by atoms with Crippen molar-refractivity contribution >= 4 is 34.4 Å². The Morgan fingerprint density at radius 1 is 1.00 bits per heavy atom. The van der Waals surface area contributed by atoms with Crippen molar-refractivity contribution in [2.45, 2.75) is 13.8 Å². The molecule has 0 amide bonds. The summed E-state index contributed by atoms with van der Waals surface area (Å²) in [6, 6.07) is 8.40. The Hall–Kier alpha value is -2.70. The Kier molecular flexibility index (Phi) is 4.01. The molecule has 0 radical (unpaired) electrons. The third kappa shape index (κ3) is 2.98. The van der Waals surface area contributed by atoms with Crippen molar-refractivity contribution < 1.29 is 4.42 Å². The largest absolute Gasteiger partial charge is 0.460 e. The maximum atomic E-state index is 12.3. The van der Waals surface area contributed by atoms with Crippen molar-refractivity contribution in [2.24, 2.45) is 0 Å². The van der Waals surface area contributed by atoms with Crippen LogP contribution < -0.4 is 5.43 Å². The predicted molar refractivity (Wildman–Crippen MR) is 101 cm³/mol. The number of H-pyrrole nitrogens is 1. The van der Waals surface area contributed by atoms with Crippen molar-refractivity contribution in [1.82, 2.24) is 19.9 Å². The maximum absolute atomic E-state index is 12.3. The molecule has 4 aromatic heterocycles. The van der Waals surface area contributed by atoms with E-state index in [1.54, 1.807) is 12.1 Å². The van der Waals surface area contributed by atoms with E-state index in [2.05, 4.69) is 19.9 Å². The van der Waals surface area contributed by atoms with Crippen molar-refractivity contribution in [3.05, 3.63) is 62.3 Å². The number of hydrogen-bond acceptors (Lipinski definition) is 5. The Morgan fingerprint density at radius 3 is 2.50 bits per heavy atom. The van der Waals surface area contributed by atoms with Crippen LogP contribution in [0.2, 0.25) is 10.3 Å². The number of halogens is 2. The summed E-state index contributed by atoms with van der Waals surface area (Å²) in [6.07, 6.45) is 0. The Balaban J connectivity index is 2.10. The molecule has 0 saturated heterocycles. The number of rotatable bonds is 2. The van der Waals surface area contributed by atoms with E-state index in [4.69, 9.17) is 27.6 Å². The normalized spacial score (nSPS) is 11.2. The number of pyridine rings is 2. The van der Waals surface area contributed by atoms with Gasteiger partial charge in [0.05, 0.1) is 0 Å². The molecule has 0 aliphatic heterocycles. The van der Waals surface area contributed by atoms with Crippen molar-refractivity contribution in [2.75, 3.05) is 0 Å². The number of nitrogens with one attached hydrogen (secondary N) is 1. The second-order valence-electron chi connectivity index (χ2n) is 5.83. The summed E-state index contributed by atoms with van der Waals surface area (Å²) in [6.45, 7) is 3.66. The summed E-state index contributed by atoms with van der Waals surface area (Å²) >= 11 is 12.1. The number of aromatic nitrogens is 4. The molecule has 0 aromatic carbocycles. The van der Waals surface area contributed by atoms with Crippen LogP contribution in [0.5, 0.6) is 0 Å². The molecule has 0 aliphatic rings. The summed E-state index contributed by atoms with van der Waals surface area (Å²) in [5.41, 5.74) is 2.51. The molecule has 8 heteroatoms. The van der Waals surface area contributed by atoms with Crippen LogP contribution in [0.3, 0.4) is 0 Å². The topological polar surface area (TPSA) is 84.7 Å². The highest BCUT2D eigenvalue weighted by atomic mass is 35.5. The van der Waals surface area contributed by atoms with E-state index in [1.165, 1.54) is 6.07 Å². The minimum atomic E-state index is -0.323. The minimum absolute atomic E-state index is 0.182. The van der Waals surface area contributed by atoms with Crippen LogP contribution in [0.1, 0.15) is 11.5 Å². The number of aryl methyl sites for hydroxylation is 2. The van der Waals surface area contributed by atoms with Crippen molar-refractivity contribution in [1.29, 1.82) is 0 Å². The second kappa shape index (κ2) is 6.23. The quantitative estimate of drug-likeness (QED) is 0.510. The molecule has 4 rings (SSSR count).